The molecule has 0 aliphatic heterocycles. The third-order valence-electron chi connectivity index (χ3n) is 1.81. The predicted molar refractivity (Wildman–Crippen MR) is 55.4 cm³/mol. The van der Waals surface area contributed by atoms with Gasteiger partial charge in [0.2, 0.25) is 0 Å². The first kappa shape index (κ1) is 9.49. The number of rotatable bonds is 4. The van der Waals surface area contributed by atoms with Gasteiger partial charge < -0.3 is 5.73 Å². The van der Waals surface area contributed by atoms with Crippen molar-refractivity contribution >= 4 is 11.3 Å². The number of hydrogen-bond acceptors (Lipinski definition) is 2. The Morgan fingerprint density at radius 2 is 2.42 bits per heavy atom. The number of nitrogens with two attached hydrogens (primary N) is 1. The minimum Gasteiger partial charge on any atom is -0.323 e. The summed E-state index contributed by atoms with van der Waals surface area (Å²) >= 11 is 1.79. The molecule has 0 saturated carbocycles. The summed E-state index contributed by atoms with van der Waals surface area (Å²) < 4.78 is 0. The quantitative estimate of drug-likeness (QED) is 0.710. The molecule has 1 nitrogen and oxygen atoms in total. The summed E-state index contributed by atoms with van der Waals surface area (Å²) in [5.41, 5.74) is 5.96. The van der Waals surface area contributed by atoms with Crippen molar-refractivity contribution < 1.29 is 0 Å². The lowest BCUT2D eigenvalue weighted by Crippen LogP contribution is -2.07. The minimum absolute atomic E-state index is 0.196. The first-order valence-corrected chi connectivity index (χ1v) is 4.98. The van der Waals surface area contributed by atoms with E-state index in [2.05, 4.69) is 25.6 Å². The minimum atomic E-state index is 0.196. The van der Waals surface area contributed by atoms with Crippen molar-refractivity contribution in [1.29, 1.82) is 0 Å². The standard InChI is InChI=1S/C10H15NS/c1-3-4-5-9(11)10-7-6-8(2)12-10/h3,6-7,9H,1,4-5,11H2,2H3. The largest absolute Gasteiger partial charge is 0.323 e. The summed E-state index contributed by atoms with van der Waals surface area (Å²) in [4.78, 5) is 2.62. The monoisotopic (exact) mass is 181 g/mol. The normalized spacial score (nSPS) is 12.8. The molecule has 1 heterocycles. The molecule has 12 heavy (non-hydrogen) atoms. The maximum atomic E-state index is 5.96. The number of allylic oxidation sites excluding steroid dienone is 1. The van der Waals surface area contributed by atoms with E-state index in [1.54, 1.807) is 11.3 Å². The van der Waals surface area contributed by atoms with Crippen LogP contribution in [-0.4, -0.2) is 0 Å². The van der Waals surface area contributed by atoms with E-state index in [9.17, 15) is 0 Å². The van der Waals surface area contributed by atoms with Crippen LogP contribution in [0.3, 0.4) is 0 Å². The molecule has 2 heteroatoms. The topological polar surface area (TPSA) is 26.0 Å². The van der Waals surface area contributed by atoms with E-state index in [1.165, 1.54) is 9.75 Å². The molecule has 0 bridgehead atoms. The van der Waals surface area contributed by atoms with Gasteiger partial charge in [-0.05, 0) is 31.9 Å². The Kier molecular flexibility index (Phi) is 3.50. The SMILES string of the molecule is C=CCCC(N)c1ccc(C)s1. The van der Waals surface area contributed by atoms with Crippen LogP contribution in [0.4, 0.5) is 0 Å². The van der Waals surface area contributed by atoms with Crippen LogP contribution in [0.25, 0.3) is 0 Å². The summed E-state index contributed by atoms with van der Waals surface area (Å²) in [6, 6.07) is 4.43. The summed E-state index contributed by atoms with van der Waals surface area (Å²) in [7, 11) is 0. The molecule has 0 radical (unpaired) electrons. The Balaban J connectivity index is 2.52. The van der Waals surface area contributed by atoms with E-state index in [4.69, 9.17) is 5.73 Å². The van der Waals surface area contributed by atoms with Gasteiger partial charge in [0.25, 0.3) is 0 Å². The molecular weight excluding hydrogens is 166 g/mol. The van der Waals surface area contributed by atoms with Gasteiger partial charge in [0.05, 0.1) is 0 Å². The van der Waals surface area contributed by atoms with Crippen molar-refractivity contribution in [1.82, 2.24) is 0 Å². The highest BCUT2D eigenvalue weighted by molar-refractivity contribution is 7.12. The first-order chi connectivity index (χ1) is 5.74. The summed E-state index contributed by atoms with van der Waals surface area (Å²) in [5, 5.41) is 0. The fourth-order valence-electron chi connectivity index (χ4n) is 1.09. The molecule has 1 aromatic rings. The van der Waals surface area contributed by atoms with Crippen molar-refractivity contribution in [2.45, 2.75) is 25.8 Å². The molecule has 0 aliphatic rings. The molecule has 1 unspecified atom stereocenters. The molecular formula is C10H15NS. The van der Waals surface area contributed by atoms with Gasteiger partial charge in [-0.15, -0.1) is 17.9 Å². The Labute approximate surface area is 77.9 Å². The molecule has 1 aromatic heterocycles. The lowest BCUT2D eigenvalue weighted by atomic mass is 10.1. The average molecular weight is 181 g/mol. The molecule has 0 saturated heterocycles. The average Bonchev–Trinajstić information content (AvgIpc) is 2.47. The Morgan fingerprint density at radius 1 is 1.67 bits per heavy atom. The maximum absolute atomic E-state index is 5.96. The second kappa shape index (κ2) is 4.43. The summed E-state index contributed by atoms with van der Waals surface area (Å²) in [6.07, 6.45) is 3.92. The van der Waals surface area contributed by atoms with Crippen LogP contribution in [0.1, 0.15) is 28.6 Å². The summed E-state index contributed by atoms with van der Waals surface area (Å²) in [6.45, 7) is 5.78. The van der Waals surface area contributed by atoms with E-state index < -0.39 is 0 Å². The lowest BCUT2D eigenvalue weighted by molar-refractivity contribution is 0.673. The van der Waals surface area contributed by atoms with Crippen LogP contribution in [0, 0.1) is 6.92 Å². The molecule has 1 rings (SSSR count). The van der Waals surface area contributed by atoms with Crippen LogP contribution < -0.4 is 5.73 Å². The number of hydrogen-bond donors (Lipinski definition) is 1. The van der Waals surface area contributed by atoms with E-state index in [-0.39, 0.29) is 6.04 Å². The van der Waals surface area contributed by atoms with Crippen LogP contribution in [0.5, 0.6) is 0 Å². The highest BCUT2D eigenvalue weighted by Gasteiger charge is 2.06. The van der Waals surface area contributed by atoms with Crippen molar-refractivity contribution in [3.63, 3.8) is 0 Å². The number of aryl methyl sites for hydroxylation is 1. The van der Waals surface area contributed by atoms with Gasteiger partial charge in [-0.1, -0.05) is 6.08 Å². The molecule has 1 atom stereocenters. The smallest absolute Gasteiger partial charge is 0.0392 e. The Morgan fingerprint density at radius 3 is 2.92 bits per heavy atom. The second-order valence-corrected chi connectivity index (χ2v) is 4.24. The second-order valence-electron chi connectivity index (χ2n) is 2.92. The Bertz CT molecular complexity index is 252. The highest BCUT2D eigenvalue weighted by Crippen LogP contribution is 2.23. The van der Waals surface area contributed by atoms with Gasteiger partial charge in [-0.3, -0.25) is 0 Å². The zero-order valence-electron chi connectivity index (χ0n) is 7.42. The van der Waals surface area contributed by atoms with E-state index in [1.807, 2.05) is 6.08 Å². The predicted octanol–water partition coefficient (Wildman–Crippen LogP) is 3.02. The van der Waals surface area contributed by atoms with Gasteiger partial charge >= 0.3 is 0 Å². The fraction of sp³-hybridized carbons (Fsp3) is 0.400. The maximum Gasteiger partial charge on any atom is 0.0392 e. The molecule has 0 aliphatic carbocycles. The van der Waals surface area contributed by atoms with Gasteiger partial charge in [0, 0.05) is 15.8 Å². The van der Waals surface area contributed by atoms with E-state index in [0.29, 0.717) is 0 Å². The third kappa shape index (κ3) is 2.47. The van der Waals surface area contributed by atoms with Crippen LogP contribution in [0.2, 0.25) is 0 Å². The van der Waals surface area contributed by atoms with Gasteiger partial charge in [0.1, 0.15) is 0 Å². The van der Waals surface area contributed by atoms with E-state index in [0.717, 1.165) is 12.8 Å². The molecule has 2 N–H and O–H groups in total. The van der Waals surface area contributed by atoms with Crippen molar-refractivity contribution in [3.05, 3.63) is 34.5 Å². The van der Waals surface area contributed by atoms with Crippen molar-refractivity contribution in [2.75, 3.05) is 0 Å². The molecule has 66 valence electrons. The van der Waals surface area contributed by atoms with Crippen LogP contribution in [-0.2, 0) is 0 Å². The fourth-order valence-corrected chi connectivity index (χ4v) is 2.01. The van der Waals surface area contributed by atoms with Gasteiger partial charge in [0.15, 0.2) is 0 Å². The zero-order chi connectivity index (χ0) is 8.97. The molecule has 0 amide bonds. The van der Waals surface area contributed by atoms with Crippen molar-refractivity contribution in [3.8, 4) is 0 Å². The molecule has 0 aromatic carbocycles. The zero-order valence-corrected chi connectivity index (χ0v) is 8.23. The third-order valence-corrected chi connectivity index (χ3v) is 2.94. The van der Waals surface area contributed by atoms with Gasteiger partial charge in [-0.2, -0.15) is 0 Å². The highest BCUT2D eigenvalue weighted by atomic mass is 32.1. The first-order valence-electron chi connectivity index (χ1n) is 4.17. The van der Waals surface area contributed by atoms with Crippen molar-refractivity contribution in [2.24, 2.45) is 5.73 Å². The summed E-state index contributed by atoms with van der Waals surface area (Å²) in [5.74, 6) is 0. The molecule has 0 fully saturated rings. The number of thiophene rings is 1. The Hall–Kier alpha value is -0.600. The van der Waals surface area contributed by atoms with E-state index >= 15 is 0 Å². The van der Waals surface area contributed by atoms with Crippen LogP contribution >= 0.6 is 11.3 Å². The van der Waals surface area contributed by atoms with Crippen LogP contribution in [0.15, 0.2) is 24.8 Å². The van der Waals surface area contributed by atoms with Gasteiger partial charge in [-0.25, -0.2) is 0 Å². The molecule has 0 spiro atoms. The lowest BCUT2D eigenvalue weighted by Gasteiger charge is -2.06.